The van der Waals surface area contributed by atoms with Crippen molar-refractivity contribution in [2.75, 3.05) is 32.7 Å². The van der Waals surface area contributed by atoms with Crippen LogP contribution in [0.2, 0.25) is 0 Å². The molecule has 1 aromatic carbocycles. The van der Waals surface area contributed by atoms with Crippen LogP contribution >= 0.6 is 0 Å². The number of nitrogens with zero attached hydrogens (tertiary/aromatic N) is 2. The van der Waals surface area contributed by atoms with Crippen molar-refractivity contribution in [1.82, 2.24) is 9.21 Å². The monoisotopic (exact) mass is 382 g/mol. The van der Waals surface area contributed by atoms with Crippen molar-refractivity contribution in [1.29, 1.82) is 0 Å². The van der Waals surface area contributed by atoms with Gasteiger partial charge in [-0.15, -0.1) is 13.2 Å². The Labute approximate surface area is 142 Å². The number of ether oxygens (including phenoxy) is 1. The zero-order valence-corrected chi connectivity index (χ0v) is 14.1. The molecule has 0 unspecified atom stereocenters. The molecule has 1 saturated heterocycles. The quantitative estimate of drug-likeness (QED) is 0.833. The van der Waals surface area contributed by atoms with Crippen LogP contribution in [0.3, 0.4) is 0 Å². The Kier molecular flexibility index (Phi) is 5.59. The Bertz CT molecular complexity index is 743. The van der Waals surface area contributed by atoms with E-state index in [4.69, 9.17) is 5.11 Å². The average Bonchev–Trinajstić information content (AvgIpc) is 2.53. The maximum absolute atomic E-state index is 12.7. The van der Waals surface area contributed by atoms with Crippen LogP contribution in [0.1, 0.15) is 17.3 Å². The molecular formula is C14H17F3N2O5S. The van der Waals surface area contributed by atoms with E-state index in [2.05, 4.69) is 4.74 Å². The molecule has 0 atom stereocenters. The molecular weight excluding hydrogens is 365 g/mol. The highest BCUT2D eigenvalue weighted by Crippen LogP contribution is 2.32. The number of hydrogen-bond donors (Lipinski definition) is 1. The lowest BCUT2D eigenvalue weighted by molar-refractivity contribution is -0.275. The van der Waals surface area contributed by atoms with Crippen LogP contribution in [0.15, 0.2) is 23.1 Å². The Morgan fingerprint density at radius 3 is 2.32 bits per heavy atom. The Hall–Kier alpha value is -1.85. The molecule has 1 fully saturated rings. The normalized spacial score (nSPS) is 17.4. The van der Waals surface area contributed by atoms with E-state index in [-0.39, 0.29) is 13.1 Å². The summed E-state index contributed by atoms with van der Waals surface area (Å²) in [5.41, 5.74) is -0.506. The number of carbonyl (C=O) groups is 1. The zero-order chi connectivity index (χ0) is 18.8. The molecule has 0 aliphatic carbocycles. The highest BCUT2D eigenvalue weighted by molar-refractivity contribution is 7.89. The van der Waals surface area contributed by atoms with E-state index in [0.717, 1.165) is 23.0 Å². The number of rotatable bonds is 5. The van der Waals surface area contributed by atoms with E-state index < -0.39 is 38.6 Å². The van der Waals surface area contributed by atoms with Crippen LogP contribution in [-0.2, 0) is 10.0 Å². The number of sulfonamides is 1. The fourth-order valence-electron chi connectivity index (χ4n) is 2.48. The highest BCUT2D eigenvalue weighted by Gasteiger charge is 2.37. The highest BCUT2D eigenvalue weighted by atomic mass is 32.2. The average molecular weight is 382 g/mol. The molecule has 2 rings (SSSR count). The standard InChI is InChI=1S/C14H17F3N2O5S/c1-2-18-5-7-19(8-6-18)25(22,23)12-4-3-10(13(20)21)9-11(12)24-14(15,16)17/h3-4,9H,2,5-8H2,1H3,(H,20,21). The van der Waals surface area contributed by atoms with Gasteiger partial charge >= 0.3 is 12.3 Å². The van der Waals surface area contributed by atoms with E-state index >= 15 is 0 Å². The van der Waals surface area contributed by atoms with E-state index in [9.17, 15) is 26.4 Å². The van der Waals surface area contributed by atoms with E-state index in [1.807, 2.05) is 11.8 Å². The van der Waals surface area contributed by atoms with Gasteiger partial charge in [0.2, 0.25) is 10.0 Å². The van der Waals surface area contributed by atoms with Crippen LogP contribution in [0.25, 0.3) is 0 Å². The van der Waals surface area contributed by atoms with Gasteiger partial charge in [-0.25, -0.2) is 13.2 Å². The number of aromatic carboxylic acids is 1. The second-order valence-electron chi connectivity index (χ2n) is 5.35. The van der Waals surface area contributed by atoms with Crippen LogP contribution in [-0.4, -0.2) is 67.8 Å². The van der Waals surface area contributed by atoms with Crippen LogP contribution in [0.5, 0.6) is 5.75 Å². The molecule has 1 heterocycles. The van der Waals surface area contributed by atoms with Gasteiger partial charge in [-0.3, -0.25) is 0 Å². The summed E-state index contributed by atoms with van der Waals surface area (Å²) < 4.78 is 68.0. The van der Waals surface area contributed by atoms with Gasteiger partial charge in [0.05, 0.1) is 5.56 Å². The van der Waals surface area contributed by atoms with Gasteiger partial charge in [0, 0.05) is 26.2 Å². The van der Waals surface area contributed by atoms with Gasteiger partial charge in [0.25, 0.3) is 0 Å². The molecule has 0 amide bonds. The predicted octanol–water partition coefficient (Wildman–Crippen LogP) is 1.61. The van der Waals surface area contributed by atoms with E-state index in [1.165, 1.54) is 0 Å². The number of alkyl halides is 3. The summed E-state index contributed by atoms with van der Waals surface area (Å²) in [6, 6.07) is 2.32. The first-order valence-corrected chi connectivity index (χ1v) is 8.84. The fourth-order valence-corrected chi connectivity index (χ4v) is 4.00. The maximum Gasteiger partial charge on any atom is 0.573 e. The summed E-state index contributed by atoms with van der Waals surface area (Å²) in [7, 11) is -4.25. The predicted molar refractivity (Wildman–Crippen MR) is 81.0 cm³/mol. The molecule has 25 heavy (non-hydrogen) atoms. The summed E-state index contributed by atoms with van der Waals surface area (Å²) in [6.07, 6.45) is -5.15. The van der Waals surface area contributed by atoms with Gasteiger partial charge in [-0.1, -0.05) is 6.92 Å². The summed E-state index contributed by atoms with van der Waals surface area (Å²) in [5.74, 6) is -2.54. The number of hydrogen-bond acceptors (Lipinski definition) is 5. The molecule has 0 saturated carbocycles. The van der Waals surface area contributed by atoms with Gasteiger partial charge in [0.1, 0.15) is 10.6 Å². The van der Waals surface area contributed by atoms with Crippen LogP contribution < -0.4 is 4.74 Å². The van der Waals surface area contributed by atoms with Crippen LogP contribution in [0.4, 0.5) is 13.2 Å². The molecule has 0 radical (unpaired) electrons. The first-order valence-electron chi connectivity index (χ1n) is 7.40. The Morgan fingerprint density at radius 2 is 1.84 bits per heavy atom. The second kappa shape index (κ2) is 7.18. The third-order valence-electron chi connectivity index (χ3n) is 3.81. The van der Waals surface area contributed by atoms with Crippen molar-refractivity contribution in [3.05, 3.63) is 23.8 Å². The largest absolute Gasteiger partial charge is 0.573 e. The molecule has 1 N–H and O–H groups in total. The lowest BCUT2D eigenvalue weighted by atomic mass is 10.2. The lowest BCUT2D eigenvalue weighted by Gasteiger charge is -2.33. The first kappa shape index (κ1) is 19.5. The minimum Gasteiger partial charge on any atom is -0.478 e. The first-order chi connectivity index (χ1) is 11.5. The van der Waals surface area contributed by atoms with Crippen molar-refractivity contribution in [2.24, 2.45) is 0 Å². The molecule has 0 aromatic heterocycles. The lowest BCUT2D eigenvalue weighted by Crippen LogP contribution is -2.48. The van der Waals surface area contributed by atoms with Crippen molar-refractivity contribution in [3.8, 4) is 5.75 Å². The molecule has 0 bridgehead atoms. The van der Waals surface area contributed by atoms with Crippen molar-refractivity contribution < 1.29 is 36.2 Å². The molecule has 7 nitrogen and oxygen atoms in total. The molecule has 11 heteroatoms. The van der Waals surface area contributed by atoms with E-state index in [0.29, 0.717) is 19.2 Å². The van der Waals surface area contributed by atoms with Crippen molar-refractivity contribution in [2.45, 2.75) is 18.2 Å². The topological polar surface area (TPSA) is 87.2 Å². The molecule has 1 aromatic rings. The second-order valence-corrected chi connectivity index (χ2v) is 7.26. The van der Waals surface area contributed by atoms with Crippen molar-refractivity contribution >= 4 is 16.0 Å². The SMILES string of the molecule is CCN1CCN(S(=O)(=O)c2ccc(C(=O)O)cc2OC(F)(F)F)CC1. The van der Waals surface area contributed by atoms with Crippen molar-refractivity contribution in [3.63, 3.8) is 0 Å². The number of piperazine rings is 1. The fraction of sp³-hybridized carbons (Fsp3) is 0.500. The van der Waals surface area contributed by atoms with Gasteiger partial charge in [-0.05, 0) is 24.7 Å². The summed E-state index contributed by atoms with van der Waals surface area (Å²) >= 11 is 0. The minimum absolute atomic E-state index is 0.127. The number of benzene rings is 1. The number of likely N-dealkylation sites (N-methyl/N-ethyl adjacent to an activating group) is 1. The smallest absolute Gasteiger partial charge is 0.478 e. The molecule has 140 valence electrons. The molecule has 1 aliphatic heterocycles. The minimum atomic E-state index is -5.15. The third kappa shape index (κ3) is 4.61. The molecule has 1 aliphatic rings. The Morgan fingerprint density at radius 1 is 1.24 bits per heavy atom. The van der Waals surface area contributed by atoms with Crippen LogP contribution in [0, 0.1) is 0 Å². The van der Waals surface area contributed by atoms with E-state index in [1.54, 1.807) is 0 Å². The number of halogens is 3. The number of carboxylic acid groups (broad SMARTS) is 1. The van der Waals surface area contributed by atoms with Gasteiger partial charge in [-0.2, -0.15) is 4.31 Å². The summed E-state index contributed by atoms with van der Waals surface area (Å²) in [4.78, 5) is 12.2. The Balaban J connectivity index is 2.40. The third-order valence-corrected chi connectivity index (χ3v) is 5.75. The summed E-state index contributed by atoms with van der Waals surface area (Å²) in [5, 5.41) is 8.90. The maximum atomic E-state index is 12.7. The van der Waals surface area contributed by atoms with Gasteiger partial charge < -0.3 is 14.7 Å². The van der Waals surface area contributed by atoms with Gasteiger partial charge in [0.15, 0.2) is 0 Å². The zero-order valence-electron chi connectivity index (χ0n) is 13.3. The number of carboxylic acids is 1. The molecule has 0 spiro atoms. The summed E-state index contributed by atoms with van der Waals surface area (Å²) in [6.45, 7) is 3.83.